The van der Waals surface area contributed by atoms with Crippen molar-refractivity contribution in [3.8, 4) is 0 Å². The molecule has 0 saturated heterocycles. The molecule has 1 amide bonds. The van der Waals surface area contributed by atoms with E-state index in [-0.39, 0.29) is 5.56 Å². The second kappa shape index (κ2) is 20.4. The number of sulfone groups is 1. The number of benzene rings is 4. The quantitative estimate of drug-likeness (QED) is 0.0539. The van der Waals surface area contributed by atoms with Crippen LogP contribution in [0.3, 0.4) is 0 Å². The lowest BCUT2D eigenvalue weighted by atomic mass is 9.75. The zero-order valence-corrected chi connectivity index (χ0v) is 35.5. The zero-order valence-electron chi connectivity index (χ0n) is 32.3. The molecule has 1 saturated carbocycles. The Morgan fingerprint density at radius 3 is 2.26 bits per heavy atom. The summed E-state index contributed by atoms with van der Waals surface area (Å²) >= 11 is 7.53. The lowest BCUT2D eigenvalue weighted by Crippen LogP contribution is -2.32. The van der Waals surface area contributed by atoms with Gasteiger partial charge in [0.1, 0.15) is 4.90 Å². The van der Waals surface area contributed by atoms with Gasteiger partial charge in [0.25, 0.3) is 25.8 Å². The van der Waals surface area contributed by atoms with Crippen molar-refractivity contribution in [2.75, 3.05) is 56.7 Å². The fraction of sp³-hybridized carbons (Fsp3) is 0.390. The Labute approximate surface area is 348 Å². The smallest absolute Gasteiger partial charge is 0.384 e. The molecule has 0 radical (unpaired) electrons. The van der Waals surface area contributed by atoms with Crippen LogP contribution in [0.4, 0.5) is 24.5 Å². The fourth-order valence-corrected chi connectivity index (χ4v) is 9.99. The molecule has 4 N–H and O–H groups in total. The molecule has 0 spiro atoms. The number of carbonyl (C=O) groups is 1. The van der Waals surface area contributed by atoms with E-state index >= 15 is 0 Å². The highest BCUT2D eigenvalue weighted by atomic mass is 35.5. The molecule has 10 nitrogen and oxygen atoms in total. The number of carbonyl (C=O) groups excluding carboxylic acids is 1. The molecule has 3 atom stereocenters. The third kappa shape index (κ3) is 12.6. The first-order chi connectivity index (χ1) is 27.5. The summed E-state index contributed by atoms with van der Waals surface area (Å²) in [5.41, 5.74) is -4.16. The van der Waals surface area contributed by atoms with Crippen molar-refractivity contribution in [1.82, 2.24) is 14.9 Å². The van der Waals surface area contributed by atoms with Gasteiger partial charge in [-0.1, -0.05) is 54.8 Å². The number of thioether (sulfide) groups is 1. The third-order valence-corrected chi connectivity index (χ3v) is 14.2. The predicted molar refractivity (Wildman–Crippen MR) is 226 cm³/mol. The topological polar surface area (TPSA) is 137 Å². The SMILES string of the molecule is CN(C)CC[C@H](CSc1ccccc1)Nc1ccc(S(=O)(=O)NC(=O)c2ccc(NCCNC[C@@H]3CCCC[C@@H]3c3ccc(Cl)cc3)cc2)cc1S(=O)(=O)C(F)(F)F. The normalized spacial score (nSPS) is 16.8. The number of halogens is 4. The van der Waals surface area contributed by atoms with Gasteiger partial charge in [-0.05, 0) is 131 Å². The van der Waals surface area contributed by atoms with E-state index in [4.69, 9.17) is 11.6 Å². The molecule has 314 valence electrons. The number of nitrogens with zero attached hydrogens (tertiary/aromatic N) is 1. The number of anilines is 2. The molecule has 0 aromatic heterocycles. The number of nitrogens with one attached hydrogen (secondary N) is 4. The Bertz CT molecular complexity index is 2180. The minimum atomic E-state index is -6.02. The number of rotatable bonds is 19. The first-order valence-electron chi connectivity index (χ1n) is 19.0. The summed E-state index contributed by atoms with van der Waals surface area (Å²) in [6.07, 6.45) is 5.14. The van der Waals surface area contributed by atoms with Gasteiger partial charge >= 0.3 is 5.51 Å². The van der Waals surface area contributed by atoms with Gasteiger partial charge in [0.15, 0.2) is 0 Å². The van der Waals surface area contributed by atoms with Gasteiger partial charge in [0.2, 0.25) is 0 Å². The van der Waals surface area contributed by atoms with Crippen LogP contribution in [0.5, 0.6) is 0 Å². The molecule has 1 aliphatic rings. The summed E-state index contributed by atoms with van der Waals surface area (Å²) in [7, 11) is -7.18. The minimum absolute atomic E-state index is 0.0288. The van der Waals surface area contributed by atoms with Gasteiger partial charge < -0.3 is 20.9 Å². The number of amides is 1. The Hall–Kier alpha value is -3.80. The second-order valence-corrected chi connectivity index (χ2v) is 19.6. The summed E-state index contributed by atoms with van der Waals surface area (Å²) < 4.78 is 96.2. The van der Waals surface area contributed by atoms with Crippen LogP contribution in [0.15, 0.2) is 112 Å². The van der Waals surface area contributed by atoms with E-state index in [0.717, 1.165) is 41.4 Å². The molecule has 1 fully saturated rings. The average molecular weight is 881 g/mol. The lowest BCUT2D eigenvalue weighted by Gasteiger charge is -2.32. The molecule has 0 aliphatic heterocycles. The van der Waals surface area contributed by atoms with Crippen LogP contribution in [-0.2, 0) is 19.9 Å². The summed E-state index contributed by atoms with van der Waals surface area (Å²) in [5.74, 6) is 0.321. The van der Waals surface area contributed by atoms with Crippen molar-refractivity contribution in [3.05, 3.63) is 113 Å². The Balaban J connectivity index is 1.21. The first kappa shape index (κ1) is 45.3. The zero-order chi connectivity index (χ0) is 41.9. The number of hydrogen-bond donors (Lipinski definition) is 4. The van der Waals surface area contributed by atoms with Gasteiger partial charge in [0.05, 0.1) is 10.6 Å². The van der Waals surface area contributed by atoms with E-state index in [1.807, 2.05) is 66.2 Å². The van der Waals surface area contributed by atoms with Gasteiger partial charge in [-0.15, -0.1) is 11.8 Å². The van der Waals surface area contributed by atoms with Crippen LogP contribution in [0.25, 0.3) is 0 Å². The van der Waals surface area contributed by atoms with Crippen LogP contribution in [-0.4, -0.2) is 85.2 Å². The fourth-order valence-electron chi connectivity index (χ4n) is 6.84. The van der Waals surface area contributed by atoms with E-state index < -0.39 is 52.8 Å². The van der Waals surface area contributed by atoms with Crippen LogP contribution in [0.2, 0.25) is 5.02 Å². The predicted octanol–water partition coefficient (Wildman–Crippen LogP) is 8.25. The van der Waals surface area contributed by atoms with E-state index in [9.17, 15) is 34.8 Å². The lowest BCUT2D eigenvalue weighted by molar-refractivity contribution is -0.0435. The second-order valence-electron chi connectivity index (χ2n) is 14.5. The molecule has 17 heteroatoms. The largest absolute Gasteiger partial charge is 0.501 e. The maximum atomic E-state index is 14.0. The number of alkyl halides is 3. The van der Waals surface area contributed by atoms with Gasteiger partial charge in [0, 0.05) is 46.1 Å². The van der Waals surface area contributed by atoms with Crippen molar-refractivity contribution in [3.63, 3.8) is 0 Å². The molecule has 0 bridgehead atoms. The molecule has 1 aliphatic carbocycles. The highest BCUT2D eigenvalue weighted by Gasteiger charge is 2.48. The van der Waals surface area contributed by atoms with Crippen LogP contribution in [0.1, 0.15) is 53.9 Å². The summed E-state index contributed by atoms with van der Waals surface area (Å²) in [5, 5.41) is 10.5. The van der Waals surface area contributed by atoms with E-state index in [0.29, 0.717) is 55.4 Å². The van der Waals surface area contributed by atoms with E-state index in [1.165, 1.54) is 42.3 Å². The van der Waals surface area contributed by atoms with Crippen molar-refractivity contribution in [2.24, 2.45) is 5.92 Å². The molecule has 4 aromatic rings. The Kier molecular flexibility index (Phi) is 16.0. The highest BCUT2D eigenvalue weighted by Crippen LogP contribution is 2.38. The first-order valence-corrected chi connectivity index (χ1v) is 23.3. The van der Waals surface area contributed by atoms with Crippen LogP contribution < -0.4 is 20.7 Å². The van der Waals surface area contributed by atoms with Gasteiger partial charge in [-0.2, -0.15) is 13.2 Å². The molecular formula is C41H49ClF3N5O5S3. The molecule has 58 heavy (non-hydrogen) atoms. The molecule has 5 rings (SSSR count). The van der Waals surface area contributed by atoms with Crippen LogP contribution >= 0.6 is 23.4 Å². The van der Waals surface area contributed by atoms with Crippen LogP contribution in [0, 0.1) is 5.92 Å². The Morgan fingerprint density at radius 1 is 0.897 bits per heavy atom. The molecule has 0 heterocycles. The Morgan fingerprint density at radius 2 is 1.59 bits per heavy atom. The average Bonchev–Trinajstić information content (AvgIpc) is 3.19. The number of sulfonamides is 1. The van der Waals surface area contributed by atoms with Gasteiger partial charge in [-0.25, -0.2) is 21.6 Å². The summed E-state index contributed by atoms with van der Waals surface area (Å²) in [6.45, 7) is 2.69. The minimum Gasteiger partial charge on any atom is -0.384 e. The van der Waals surface area contributed by atoms with E-state index in [1.54, 1.807) is 12.1 Å². The highest BCUT2D eigenvalue weighted by molar-refractivity contribution is 7.99. The number of hydrogen-bond acceptors (Lipinski definition) is 10. The van der Waals surface area contributed by atoms with Crippen molar-refractivity contribution in [2.45, 2.75) is 64.3 Å². The summed E-state index contributed by atoms with van der Waals surface area (Å²) in [6, 6.07) is 25.3. The van der Waals surface area contributed by atoms with Gasteiger partial charge in [-0.3, -0.25) is 4.79 Å². The van der Waals surface area contributed by atoms with Crippen molar-refractivity contribution < 1.29 is 34.8 Å². The monoisotopic (exact) mass is 879 g/mol. The molecular weight excluding hydrogens is 831 g/mol. The summed E-state index contributed by atoms with van der Waals surface area (Å²) in [4.78, 5) is 13.8. The standard InChI is InChI=1S/C41H49ClF3N5O5S3/c1-50(2)25-22-34(28-56-35-9-4-3-5-10-35)48-38-21-20-36(26-39(38)57(52,53)41(43,44)45)58(54,55)49-40(51)30-14-18-33(19-15-30)47-24-23-46-27-31-8-6-7-11-37(31)29-12-16-32(42)17-13-29/h3-5,9-10,12-21,26,31,34,37,46-48H,6-8,11,22-25,27-28H2,1-2H3,(H,49,51)/t31-,34+,37+/m0/s1. The van der Waals surface area contributed by atoms with E-state index in [2.05, 4.69) is 28.1 Å². The van der Waals surface area contributed by atoms with Crippen molar-refractivity contribution in [1.29, 1.82) is 0 Å². The molecule has 0 unspecified atom stereocenters. The molecule has 4 aromatic carbocycles. The maximum Gasteiger partial charge on any atom is 0.501 e. The maximum absolute atomic E-state index is 14.0. The third-order valence-electron chi connectivity index (χ3n) is 9.96. The van der Waals surface area contributed by atoms with Crippen molar-refractivity contribution >= 4 is 60.5 Å².